The number of hydrogen-bond acceptors (Lipinski definition) is 4. The summed E-state index contributed by atoms with van der Waals surface area (Å²) in [7, 11) is 1.79. The van der Waals surface area contributed by atoms with E-state index in [4.69, 9.17) is 20.2 Å². The third kappa shape index (κ3) is 8.83. The van der Waals surface area contributed by atoms with Crippen LogP contribution in [0.2, 0.25) is 0 Å². The Hall–Kier alpha value is 0.160. The maximum Gasteiger partial charge on any atom is 0.232 e. The minimum absolute atomic E-state index is 0.0747. The van der Waals surface area contributed by atoms with Gasteiger partial charge in [0, 0.05) is 23.9 Å². The Bertz CT molecular complexity index is 286. The molecule has 1 saturated heterocycles. The van der Waals surface area contributed by atoms with Crippen LogP contribution in [-0.2, 0) is 18.5 Å². The molecule has 0 saturated carbocycles. The van der Waals surface area contributed by atoms with Gasteiger partial charge in [0.1, 0.15) is 0 Å². The lowest BCUT2D eigenvalue weighted by atomic mass is 10.2. The maximum absolute atomic E-state index is 10.6. The highest BCUT2D eigenvalue weighted by atomic mass is 35.7. The van der Waals surface area contributed by atoms with Crippen molar-refractivity contribution in [3.8, 4) is 0 Å². The van der Waals surface area contributed by atoms with Gasteiger partial charge in [-0.05, 0) is 25.7 Å². The molecular weight excluding hydrogens is 264 g/mol. The lowest BCUT2D eigenvalue weighted by Gasteiger charge is -2.09. The van der Waals surface area contributed by atoms with E-state index in [9.17, 15) is 8.42 Å². The van der Waals surface area contributed by atoms with Crippen molar-refractivity contribution in [2.45, 2.75) is 44.6 Å². The molecule has 1 rings (SSSR count). The SMILES string of the molecule is O=S(=O)(Cl)CCCCCCOCC1CCCO1. The Labute approximate surface area is 108 Å². The fraction of sp³-hybridized carbons (Fsp3) is 1.00. The molecular formula is C11H21ClO4S. The largest absolute Gasteiger partial charge is 0.379 e. The minimum Gasteiger partial charge on any atom is -0.379 e. The first-order chi connectivity index (χ1) is 8.08. The van der Waals surface area contributed by atoms with Crippen molar-refractivity contribution in [1.29, 1.82) is 0 Å². The van der Waals surface area contributed by atoms with Crippen LogP contribution in [0.25, 0.3) is 0 Å². The van der Waals surface area contributed by atoms with Crippen LogP contribution in [-0.4, -0.2) is 40.1 Å². The molecule has 0 spiro atoms. The van der Waals surface area contributed by atoms with Gasteiger partial charge in [-0.25, -0.2) is 8.42 Å². The second-order valence-corrected chi connectivity index (χ2v) is 7.26. The third-order valence-electron chi connectivity index (χ3n) is 2.75. The van der Waals surface area contributed by atoms with Crippen molar-refractivity contribution in [3.63, 3.8) is 0 Å². The van der Waals surface area contributed by atoms with Crippen LogP contribution in [0.15, 0.2) is 0 Å². The normalized spacial score (nSPS) is 20.9. The van der Waals surface area contributed by atoms with Gasteiger partial charge in [0.15, 0.2) is 0 Å². The monoisotopic (exact) mass is 284 g/mol. The average Bonchev–Trinajstić information content (AvgIpc) is 2.73. The van der Waals surface area contributed by atoms with E-state index in [0.717, 1.165) is 45.3 Å². The van der Waals surface area contributed by atoms with Gasteiger partial charge in [-0.15, -0.1) is 0 Å². The minimum atomic E-state index is -3.31. The second-order valence-electron chi connectivity index (χ2n) is 4.37. The molecule has 1 fully saturated rings. The van der Waals surface area contributed by atoms with E-state index < -0.39 is 9.05 Å². The lowest BCUT2D eigenvalue weighted by Crippen LogP contribution is -2.14. The summed E-state index contributed by atoms with van der Waals surface area (Å²) in [6.45, 7) is 2.28. The molecule has 1 unspecified atom stereocenters. The van der Waals surface area contributed by atoms with Gasteiger partial charge >= 0.3 is 0 Å². The molecule has 0 aromatic rings. The Kier molecular flexibility index (Phi) is 7.43. The Morgan fingerprint density at radius 3 is 2.65 bits per heavy atom. The van der Waals surface area contributed by atoms with Gasteiger partial charge in [-0.1, -0.05) is 12.8 Å². The highest BCUT2D eigenvalue weighted by Gasteiger charge is 2.14. The zero-order valence-electron chi connectivity index (χ0n) is 10.1. The molecule has 1 heterocycles. The van der Waals surface area contributed by atoms with Crippen molar-refractivity contribution in [2.24, 2.45) is 0 Å². The molecule has 1 aliphatic rings. The summed E-state index contributed by atoms with van der Waals surface area (Å²) in [6, 6.07) is 0. The van der Waals surface area contributed by atoms with E-state index in [0.29, 0.717) is 13.0 Å². The van der Waals surface area contributed by atoms with Crippen LogP contribution < -0.4 is 0 Å². The molecule has 4 nitrogen and oxygen atoms in total. The van der Waals surface area contributed by atoms with E-state index in [-0.39, 0.29) is 11.9 Å². The van der Waals surface area contributed by atoms with Crippen LogP contribution >= 0.6 is 10.7 Å². The summed E-state index contributed by atoms with van der Waals surface area (Å²) in [5.41, 5.74) is 0. The first-order valence-corrected chi connectivity index (χ1v) is 8.67. The summed E-state index contributed by atoms with van der Waals surface area (Å²) in [6.07, 6.45) is 6.00. The van der Waals surface area contributed by atoms with E-state index in [1.807, 2.05) is 0 Å². The summed E-state index contributed by atoms with van der Waals surface area (Å²) in [5.74, 6) is 0.0747. The molecule has 0 N–H and O–H groups in total. The van der Waals surface area contributed by atoms with Crippen molar-refractivity contribution in [2.75, 3.05) is 25.6 Å². The van der Waals surface area contributed by atoms with E-state index in [1.54, 1.807) is 0 Å². The molecule has 102 valence electrons. The first-order valence-electron chi connectivity index (χ1n) is 6.19. The van der Waals surface area contributed by atoms with Crippen LogP contribution in [0.5, 0.6) is 0 Å². The average molecular weight is 285 g/mol. The van der Waals surface area contributed by atoms with Gasteiger partial charge in [-0.2, -0.15) is 0 Å². The standard InChI is InChI=1S/C11H21ClO4S/c12-17(13,14)9-4-2-1-3-7-15-10-11-6-5-8-16-11/h11H,1-10H2. The smallest absolute Gasteiger partial charge is 0.232 e. The predicted octanol–water partition coefficient (Wildman–Crippen LogP) is 2.31. The van der Waals surface area contributed by atoms with Crippen LogP contribution in [0, 0.1) is 0 Å². The second kappa shape index (κ2) is 8.29. The predicted molar refractivity (Wildman–Crippen MR) is 67.9 cm³/mol. The first kappa shape index (κ1) is 15.2. The number of hydrogen-bond donors (Lipinski definition) is 0. The van der Waals surface area contributed by atoms with Gasteiger partial charge in [0.2, 0.25) is 9.05 Å². The van der Waals surface area contributed by atoms with E-state index >= 15 is 0 Å². The quantitative estimate of drug-likeness (QED) is 0.482. The van der Waals surface area contributed by atoms with Gasteiger partial charge in [0.25, 0.3) is 0 Å². The number of halogens is 1. The highest BCUT2D eigenvalue weighted by Crippen LogP contribution is 2.12. The zero-order chi connectivity index (χ0) is 12.6. The summed E-state index contributed by atoms with van der Waals surface area (Å²) < 4.78 is 32.2. The molecule has 0 aliphatic carbocycles. The zero-order valence-corrected chi connectivity index (χ0v) is 11.6. The fourth-order valence-corrected chi connectivity index (χ4v) is 2.70. The number of unbranched alkanes of at least 4 members (excludes halogenated alkanes) is 3. The van der Waals surface area contributed by atoms with Crippen LogP contribution in [0.3, 0.4) is 0 Å². The molecule has 6 heteroatoms. The summed E-state index contributed by atoms with van der Waals surface area (Å²) in [5, 5.41) is 0. The van der Waals surface area contributed by atoms with Gasteiger partial charge in [-0.3, -0.25) is 0 Å². The van der Waals surface area contributed by atoms with Crippen LogP contribution in [0.1, 0.15) is 38.5 Å². The maximum atomic E-state index is 10.6. The Morgan fingerprint density at radius 2 is 2.00 bits per heavy atom. The van der Waals surface area contributed by atoms with E-state index in [2.05, 4.69) is 0 Å². The Morgan fingerprint density at radius 1 is 1.24 bits per heavy atom. The Balaban J connectivity index is 1.81. The molecule has 0 radical (unpaired) electrons. The van der Waals surface area contributed by atoms with Crippen molar-refractivity contribution in [1.82, 2.24) is 0 Å². The number of ether oxygens (including phenoxy) is 2. The molecule has 17 heavy (non-hydrogen) atoms. The topological polar surface area (TPSA) is 52.6 Å². The molecule has 0 aromatic carbocycles. The molecule has 1 aliphatic heterocycles. The number of rotatable bonds is 9. The molecule has 1 atom stereocenters. The third-order valence-corrected chi connectivity index (χ3v) is 3.99. The highest BCUT2D eigenvalue weighted by molar-refractivity contribution is 8.13. The fourth-order valence-electron chi connectivity index (χ4n) is 1.82. The van der Waals surface area contributed by atoms with E-state index in [1.165, 1.54) is 0 Å². The van der Waals surface area contributed by atoms with Crippen LogP contribution in [0.4, 0.5) is 0 Å². The van der Waals surface area contributed by atoms with Gasteiger partial charge in [0.05, 0.1) is 18.5 Å². The van der Waals surface area contributed by atoms with Crippen molar-refractivity contribution in [3.05, 3.63) is 0 Å². The molecule has 0 aromatic heterocycles. The van der Waals surface area contributed by atoms with Crippen molar-refractivity contribution < 1.29 is 17.9 Å². The van der Waals surface area contributed by atoms with Crippen molar-refractivity contribution >= 4 is 19.7 Å². The molecule has 0 amide bonds. The molecule has 0 bridgehead atoms. The summed E-state index contributed by atoms with van der Waals surface area (Å²) >= 11 is 0. The summed E-state index contributed by atoms with van der Waals surface area (Å²) in [4.78, 5) is 0. The lowest BCUT2D eigenvalue weighted by molar-refractivity contribution is 0.0161. The van der Waals surface area contributed by atoms with Gasteiger partial charge < -0.3 is 9.47 Å².